The maximum atomic E-state index is 12.4. The molecule has 0 aromatic carbocycles. The number of aryl methyl sites for hydroxylation is 2. The number of amides is 1. The lowest BCUT2D eigenvalue weighted by atomic mass is 10.1. The number of likely N-dealkylation sites (tertiary alicyclic amines) is 1. The van der Waals surface area contributed by atoms with E-state index in [1.165, 1.54) is 0 Å². The summed E-state index contributed by atoms with van der Waals surface area (Å²) >= 11 is 0. The Kier molecular flexibility index (Phi) is 3.47. The van der Waals surface area contributed by atoms with Crippen LogP contribution >= 0.6 is 0 Å². The summed E-state index contributed by atoms with van der Waals surface area (Å²) in [7, 11) is 0. The van der Waals surface area contributed by atoms with Crippen molar-refractivity contribution in [3.8, 4) is 0 Å². The average Bonchev–Trinajstić information content (AvgIpc) is 2.93. The van der Waals surface area contributed by atoms with Crippen LogP contribution in [0.3, 0.4) is 0 Å². The smallest absolute Gasteiger partial charge is 0.259 e. The van der Waals surface area contributed by atoms with Crippen LogP contribution in [0.5, 0.6) is 0 Å². The molecular weight excluding hydrogens is 220 g/mol. The molecule has 0 bridgehead atoms. The molecule has 1 aliphatic heterocycles. The van der Waals surface area contributed by atoms with Crippen molar-refractivity contribution in [3.05, 3.63) is 17.0 Å². The Morgan fingerprint density at radius 2 is 2.41 bits per heavy atom. The van der Waals surface area contributed by atoms with Crippen LogP contribution in [0, 0.1) is 6.92 Å². The fraction of sp³-hybridized carbons (Fsp3) is 0.667. The highest BCUT2D eigenvalue weighted by Gasteiger charge is 2.32. The van der Waals surface area contributed by atoms with Crippen LogP contribution in [0.4, 0.5) is 0 Å². The van der Waals surface area contributed by atoms with Crippen LogP contribution in [0.15, 0.2) is 4.52 Å². The van der Waals surface area contributed by atoms with Gasteiger partial charge in [-0.3, -0.25) is 4.79 Å². The summed E-state index contributed by atoms with van der Waals surface area (Å²) in [4.78, 5) is 14.1. The number of nitrogens with zero attached hydrogens (tertiary/aromatic N) is 2. The van der Waals surface area contributed by atoms with Gasteiger partial charge in [0.1, 0.15) is 11.3 Å². The van der Waals surface area contributed by atoms with Crippen LogP contribution in [0.25, 0.3) is 0 Å². The second-order valence-corrected chi connectivity index (χ2v) is 4.39. The Balaban J connectivity index is 2.27. The van der Waals surface area contributed by atoms with Crippen molar-refractivity contribution in [2.24, 2.45) is 0 Å². The van der Waals surface area contributed by atoms with E-state index >= 15 is 0 Å². The lowest BCUT2D eigenvalue weighted by Gasteiger charge is -2.22. The summed E-state index contributed by atoms with van der Waals surface area (Å²) in [5.41, 5.74) is 1.28. The fourth-order valence-electron chi connectivity index (χ4n) is 2.37. The van der Waals surface area contributed by atoms with Crippen molar-refractivity contribution in [2.75, 3.05) is 13.2 Å². The predicted octanol–water partition coefficient (Wildman–Crippen LogP) is 1.14. The largest absolute Gasteiger partial charge is 0.394 e. The second-order valence-electron chi connectivity index (χ2n) is 4.39. The standard InChI is InChI=1S/C12H18N2O3/c1-3-10-11(8(2)17-13-10)12(16)14-6-4-5-9(14)7-15/h9,15H,3-7H2,1-2H3. The maximum Gasteiger partial charge on any atom is 0.259 e. The first-order chi connectivity index (χ1) is 8.19. The molecule has 0 spiro atoms. The van der Waals surface area contributed by atoms with Crippen LogP contribution in [0.1, 0.15) is 41.6 Å². The molecule has 0 radical (unpaired) electrons. The molecule has 17 heavy (non-hydrogen) atoms. The molecule has 94 valence electrons. The van der Waals surface area contributed by atoms with Gasteiger partial charge in [-0.15, -0.1) is 0 Å². The molecule has 5 heteroatoms. The number of hydrogen-bond acceptors (Lipinski definition) is 4. The molecule has 1 amide bonds. The van der Waals surface area contributed by atoms with Gasteiger partial charge in [0.2, 0.25) is 0 Å². The van der Waals surface area contributed by atoms with E-state index in [0.29, 0.717) is 30.0 Å². The second kappa shape index (κ2) is 4.87. The van der Waals surface area contributed by atoms with Gasteiger partial charge in [0.15, 0.2) is 0 Å². The van der Waals surface area contributed by atoms with Gasteiger partial charge in [-0.25, -0.2) is 0 Å². The SMILES string of the molecule is CCc1noc(C)c1C(=O)N1CCCC1CO. The summed E-state index contributed by atoms with van der Waals surface area (Å²) in [6, 6.07) is -0.0542. The lowest BCUT2D eigenvalue weighted by Crippen LogP contribution is -2.38. The zero-order valence-electron chi connectivity index (χ0n) is 10.3. The van der Waals surface area contributed by atoms with Crippen molar-refractivity contribution < 1.29 is 14.4 Å². The third kappa shape index (κ3) is 2.07. The Morgan fingerprint density at radius 3 is 3.06 bits per heavy atom. The highest BCUT2D eigenvalue weighted by Crippen LogP contribution is 2.23. The number of rotatable bonds is 3. The predicted molar refractivity (Wildman–Crippen MR) is 61.8 cm³/mol. The van der Waals surface area contributed by atoms with E-state index in [0.717, 1.165) is 12.8 Å². The van der Waals surface area contributed by atoms with Gasteiger partial charge >= 0.3 is 0 Å². The van der Waals surface area contributed by atoms with Gasteiger partial charge in [0.05, 0.1) is 18.3 Å². The van der Waals surface area contributed by atoms with E-state index in [9.17, 15) is 9.90 Å². The first-order valence-corrected chi connectivity index (χ1v) is 6.06. The minimum atomic E-state index is -0.0582. The highest BCUT2D eigenvalue weighted by atomic mass is 16.5. The quantitative estimate of drug-likeness (QED) is 0.857. The molecule has 2 heterocycles. The van der Waals surface area contributed by atoms with E-state index in [-0.39, 0.29) is 18.6 Å². The zero-order valence-corrected chi connectivity index (χ0v) is 10.3. The van der Waals surface area contributed by atoms with Crippen molar-refractivity contribution >= 4 is 5.91 Å². The molecule has 1 saturated heterocycles. The van der Waals surface area contributed by atoms with Gasteiger partial charge in [0, 0.05) is 6.54 Å². The monoisotopic (exact) mass is 238 g/mol. The first kappa shape index (κ1) is 12.1. The Bertz CT molecular complexity index is 414. The average molecular weight is 238 g/mol. The van der Waals surface area contributed by atoms with Crippen molar-refractivity contribution in [1.29, 1.82) is 0 Å². The fourth-order valence-corrected chi connectivity index (χ4v) is 2.37. The summed E-state index contributed by atoms with van der Waals surface area (Å²) in [6.07, 6.45) is 2.49. The molecule has 1 N–H and O–H groups in total. The van der Waals surface area contributed by atoms with E-state index in [1.807, 2.05) is 6.92 Å². The number of aliphatic hydroxyl groups is 1. The molecular formula is C12H18N2O3. The number of aliphatic hydroxyl groups excluding tert-OH is 1. The number of hydrogen-bond donors (Lipinski definition) is 1. The highest BCUT2D eigenvalue weighted by molar-refractivity contribution is 5.96. The number of aromatic nitrogens is 1. The first-order valence-electron chi connectivity index (χ1n) is 6.06. The summed E-state index contributed by atoms with van der Waals surface area (Å²) in [5.74, 6) is 0.507. The lowest BCUT2D eigenvalue weighted by molar-refractivity contribution is 0.0675. The molecule has 1 aromatic heterocycles. The van der Waals surface area contributed by atoms with Gasteiger partial charge in [-0.05, 0) is 26.2 Å². The molecule has 1 aliphatic rings. The van der Waals surface area contributed by atoms with Gasteiger partial charge in [-0.2, -0.15) is 0 Å². The molecule has 0 aliphatic carbocycles. The Morgan fingerprint density at radius 1 is 1.65 bits per heavy atom. The topological polar surface area (TPSA) is 66.6 Å². The number of carbonyl (C=O) groups is 1. The Hall–Kier alpha value is -1.36. The van der Waals surface area contributed by atoms with Crippen LogP contribution in [-0.2, 0) is 6.42 Å². The minimum Gasteiger partial charge on any atom is -0.394 e. The van der Waals surface area contributed by atoms with Crippen LogP contribution < -0.4 is 0 Å². The zero-order chi connectivity index (χ0) is 12.4. The van der Waals surface area contributed by atoms with Gasteiger partial charge in [0.25, 0.3) is 5.91 Å². The summed E-state index contributed by atoms with van der Waals surface area (Å²) in [5, 5.41) is 13.1. The summed E-state index contributed by atoms with van der Waals surface area (Å²) < 4.78 is 5.08. The normalized spacial score (nSPS) is 19.9. The molecule has 1 aromatic rings. The van der Waals surface area contributed by atoms with E-state index in [2.05, 4.69) is 5.16 Å². The van der Waals surface area contributed by atoms with Crippen LogP contribution in [0.2, 0.25) is 0 Å². The molecule has 1 fully saturated rings. The van der Waals surface area contributed by atoms with Crippen LogP contribution in [-0.4, -0.2) is 40.3 Å². The maximum absolute atomic E-state index is 12.4. The molecule has 5 nitrogen and oxygen atoms in total. The Labute approximate surface area is 100 Å². The van der Waals surface area contributed by atoms with Gasteiger partial charge < -0.3 is 14.5 Å². The van der Waals surface area contributed by atoms with E-state index in [4.69, 9.17) is 4.52 Å². The summed E-state index contributed by atoms with van der Waals surface area (Å²) in [6.45, 7) is 4.43. The molecule has 2 rings (SSSR count). The third-order valence-corrected chi connectivity index (χ3v) is 3.33. The van der Waals surface area contributed by atoms with E-state index < -0.39 is 0 Å². The van der Waals surface area contributed by atoms with Gasteiger partial charge in [-0.1, -0.05) is 12.1 Å². The van der Waals surface area contributed by atoms with Crippen molar-refractivity contribution in [2.45, 2.75) is 39.2 Å². The molecule has 1 unspecified atom stereocenters. The molecule has 1 atom stereocenters. The van der Waals surface area contributed by atoms with E-state index in [1.54, 1.807) is 11.8 Å². The molecule has 0 saturated carbocycles. The van der Waals surface area contributed by atoms with Crippen molar-refractivity contribution in [1.82, 2.24) is 10.1 Å². The third-order valence-electron chi connectivity index (χ3n) is 3.33. The van der Waals surface area contributed by atoms with Crippen molar-refractivity contribution in [3.63, 3.8) is 0 Å². The number of carbonyl (C=O) groups excluding carboxylic acids is 1. The minimum absolute atomic E-state index is 0.0253.